The van der Waals surface area contributed by atoms with Crippen LogP contribution in [0.4, 0.5) is 5.95 Å². The van der Waals surface area contributed by atoms with E-state index >= 15 is 0 Å². The first-order chi connectivity index (χ1) is 13.0. The van der Waals surface area contributed by atoms with Crippen molar-refractivity contribution in [3.63, 3.8) is 0 Å². The van der Waals surface area contributed by atoms with Gasteiger partial charge in [-0.2, -0.15) is 0 Å². The lowest BCUT2D eigenvalue weighted by Crippen LogP contribution is -2.48. The van der Waals surface area contributed by atoms with Crippen molar-refractivity contribution in [2.45, 2.75) is 26.9 Å². The molecule has 0 unspecified atom stereocenters. The molecule has 0 saturated carbocycles. The van der Waals surface area contributed by atoms with Gasteiger partial charge in [-0.25, -0.2) is 9.97 Å². The highest BCUT2D eigenvalue weighted by Crippen LogP contribution is 2.26. The Balaban J connectivity index is 1.39. The lowest BCUT2D eigenvalue weighted by Gasteiger charge is -2.35. The second-order valence-electron chi connectivity index (χ2n) is 7.55. The Kier molecular flexibility index (Phi) is 4.85. The Bertz CT molecular complexity index is 923. The molecule has 4 rings (SSSR count). The summed E-state index contributed by atoms with van der Waals surface area (Å²) in [6.07, 6.45) is 1.44. The SMILES string of the molecule is Cc1ccc2c([C@H](O)CN3CCN(c4nc(C)cc(C)n4)CC3)c[nH]c2c1. The second-order valence-corrected chi connectivity index (χ2v) is 7.55. The largest absolute Gasteiger partial charge is 0.387 e. The molecular formula is C21H27N5O. The van der Waals surface area contributed by atoms with Gasteiger partial charge in [-0.05, 0) is 38.5 Å². The van der Waals surface area contributed by atoms with Gasteiger partial charge in [0.2, 0.25) is 5.95 Å². The van der Waals surface area contributed by atoms with Crippen molar-refractivity contribution in [3.05, 3.63) is 53.0 Å². The van der Waals surface area contributed by atoms with Gasteiger partial charge in [0.1, 0.15) is 0 Å². The van der Waals surface area contributed by atoms with Crippen LogP contribution in [-0.2, 0) is 0 Å². The average Bonchev–Trinajstić information content (AvgIpc) is 3.04. The molecule has 3 aromatic rings. The maximum atomic E-state index is 10.8. The number of H-pyrrole nitrogens is 1. The lowest BCUT2D eigenvalue weighted by molar-refractivity contribution is 0.110. The summed E-state index contributed by atoms with van der Waals surface area (Å²) in [7, 11) is 0. The molecule has 1 aliphatic rings. The number of aliphatic hydroxyl groups excluding tert-OH is 1. The number of rotatable bonds is 4. The summed E-state index contributed by atoms with van der Waals surface area (Å²) in [4.78, 5) is 17.0. The van der Waals surface area contributed by atoms with Crippen molar-refractivity contribution in [2.75, 3.05) is 37.6 Å². The molecule has 6 nitrogen and oxygen atoms in total. The minimum atomic E-state index is -0.495. The zero-order valence-electron chi connectivity index (χ0n) is 16.2. The lowest BCUT2D eigenvalue weighted by atomic mass is 10.1. The fourth-order valence-corrected chi connectivity index (χ4v) is 3.86. The number of nitrogens with one attached hydrogen (secondary N) is 1. The molecule has 0 bridgehead atoms. The molecule has 1 aliphatic heterocycles. The van der Waals surface area contributed by atoms with E-state index in [1.807, 2.05) is 26.1 Å². The third-order valence-corrected chi connectivity index (χ3v) is 5.28. The van der Waals surface area contributed by atoms with Crippen LogP contribution in [0, 0.1) is 20.8 Å². The molecule has 2 N–H and O–H groups in total. The van der Waals surface area contributed by atoms with Crippen LogP contribution in [0.15, 0.2) is 30.5 Å². The summed E-state index contributed by atoms with van der Waals surface area (Å²) in [5.74, 6) is 0.819. The highest BCUT2D eigenvalue weighted by Gasteiger charge is 2.23. The Labute approximate surface area is 159 Å². The van der Waals surface area contributed by atoms with Gasteiger partial charge in [0.15, 0.2) is 0 Å². The van der Waals surface area contributed by atoms with Crippen LogP contribution in [0.25, 0.3) is 10.9 Å². The van der Waals surface area contributed by atoms with E-state index < -0.39 is 6.10 Å². The Morgan fingerprint density at radius 3 is 2.44 bits per heavy atom. The Morgan fingerprint density at radius 2 is 1.74 bits per heavy atom. The molecule has 1 aromatic carbocycles. The van der Waals surface area contributed by atoms with E-state index in [-0.39, 0.29) is 0 Å². The summed E-state index contributed by atoms with van der Waals surface area (Å²) in [6.45, 7) is 10.3. The number of benzene rings is 1. The normalized spacial score (nSPS) is 16.8. The predicted octanol–water partition coefficient (Wildman–Crippen LogP) is 2.74. The molecular weight excluding hydrogens is 338 g/mol. The quantitative estimate of drug-likeness (QED) is 0.744. The molecule has 1 fully saturated rings. The van der Waals surface area contributed by atoms with Gasteiger partial charge in [0, 0.05) is 66.8 Å². The van der Waals surface area contributed by atoms with Gasteiger partial charge in [-0.15, -0.1) is 0 Å². The molecule has 27 heavy (non-hydrogen) atoms. The number of nitrogens with zero attached hydrogens (tertiary/aromatic N) is 4. The van der Waals surface area contributed by atoms with E-state index in [0.717, 1.165) is 60.0 Å². The van der Waals surface area contributed by atoms with Gasteiger partial charge in [-0.3, -0.25) is 4.90 Å². The van der Waals surface area contributed by atoms with Crippen molar-refractivity contribution >= 4 is 16.9 Å². The van der Waals surface area contributed by atoms with Gasteiger partial charge in [-0.1, -0.05) is 12.1 Å². The van der Waals surface area contributed by atoms with Crippen LogP contribution in [0.2, 0.25) is 0 Å². The van der Waals surface area contributed by atoms with Crippen LogP contribution < -0.4 is 4.90 Å². The van der Waals surface area contributed by atoms with E-state index in [2.05, 4.69) is 49.9 Å². The van der Waals surface area contributed by atoms with Crippen LogP contribution in [0.3, 0.4) is 0 Å². The molecule has 1 atom stereocenters. The second kappa shape index (κ2) is 7.29. The predicted molar refractivity (Wildman–Crippen MR) is 108 cm³/mol. The number of β-amino-alcohol motifs (C(OH)–C–C–N with tert-alkyl or cyclic N) is 1. The number of aromatic nitrogens is 3. The number of aliphatic hydroxyl groups is 1. The molecule has 6 heteroatoms. The number of hydrogen-bond acceptors (Lipinski definition) is 5. The Morgan fingerprint density at radius 1 is 1.04 bits per heavy atom. The minimum absolute atomic E-state index is 0.495. The summed E-state index contributed by atoms with van der Waals surface area (Å²) in [6, 6.07) is 8.30. The van der Waals surface area contributed by atoms with E-state index in [0.29, 0.717) is 6.54 Å². The van der Waals surface area contributed by atoms with Crippen LogP contribution >= 0.6 is 0 Å². The zero-order valence-corrected chi connectivity index (χ0v) is 16.2. The fraction of sp³-hybridized carbons (Fsp3) is 0.429. The van der Waals surface area contributed by atoms with Crippen molar-refractivity contribution in [2.24, 2.45) is 0 Å². The van der Waals surface area contributed by atoms with Crippen LogP contribution in [0.5, 0.6) is 0 Å². The first-order valence-electron chi connectivity index (χ1n) is 9.55. The number of hydrogen-bond donors (Lipinski definition) is 2. The van der Waals surface area contributed by atoms with Crippen LogP contribution in [0.1, 0.15) is 28.6 Å². The van der Waals surface area contributed by atoms with Crippen LogP contribution in [-0.4, -0.2) is 57.7 Å². The maximum absolute atomic E-state index is 10.8. The molecule has 1 saturated heterocycles. The number of aromatic amines is 1. The molecule has 0 amide bonds. The maximum Gasteiger partial charge on any atom is 0.225 e. The molecule has 0 aliphatic carbocycles. The standard InChI is InChI=1S/C21H27N5O/c1-14-4-5-17-18(12-22-19(17)10-14)20(27)13-25-6-8-26(9-7-25)21-23-15(2)11-16(3)24-21/h4-5,10-12,20,22,27H,6-9,13H2,1-3H3/t20-/m1/s1. The van der Waals surface area contributed by atoms with E-state index in [1.54, 1.807) is 0 Å². The van der Waals surface area contributed by atoms with E-state index in [9.17, 15) is 5.11 Å². The molecule has 0 radical (unpaired) electrons. The number of fused-ring (bicyclic) bond motifs is 1. The highest BCUT2D eigenvalue weighted by molar-refractivity contribution is 5.84. The summed E-state index contributed by atoms with van der Waals surface area (Å²) in [5, 5.41) is 11.9. The number of aryl methyl sites for hydroxylation is 3. The molecule has 142 valence electrons. The first kappa shape index (κ1) is 17.9. The van der Waals surface area contributed by atoms with Crippen molar-refractivity contribution < 1.29 is 5.11 Å². The van der Waals surface area contributed by atoms with Gasteiger partial charge in [0.05, 0.1) is 6.10 Å². The first-order valence-corrected chi connectivity index (χ1v) is 9.55. The monoisotopic (exact) mass is 365 g/mol. The molecule has 3 heterocycles. The third-order valence-electron chi connectivity index (χ3n) is 5.28. The van der Waals surface area contributed by atoms with Crippen molar-refractivity contribution in [3.8, 4) is 0 Å². The van der Waals surface area contributed by atoms with Gasteiger partial charge >= 0.3 is 0 Å². The third kappa shape index (κ3) is 3.82. The number of piperazine rings is 1. The minimum Gasteiger partial charge on any atom is -0.387 e. The smallest absolute Gasteiger partial charge is 0.225 e. The molecule has 2 aromatic heterocycles. The van der Waals surface area contributed by atoms with Crippen molar-refractivity contribution in [1.29, 1.82) is 0 Å². The topological polar surface area (TPSA) is 68.3 Å². The molecule has 0 spiro atoms. The Hall–Kier alpha value is -2.44. The average molecular weight is 365 g/mol. The van der Waals surface area contributed by atoms with E-state index in [1.165, 1.54) is 5.56 Å². The fourth-order valence-electron chi connectivity index (χ4n) is 3.86. The summed E-state index contributed by atoms with van der Waals surface area (Å²) >= 11 is 0. The van der Waals surface area contributed by atoms with E-state index in [4.69, 9.17) is 0 Å². The summed E-state index contributed by atoms with van der Waals surface area (Å²) < 4.78 is 0. The number of anilines is 1. The van der Waals surface area contributed by atoms with Gasteiger partial charge in [0.25, 0.3) is 0 Å². The van der Waals surface area contributed by atoms with Crippen molar-refractivity contribution in [1.82, 2.24) is 19.9 Å². The van der Waals surface area contributed by atoms with Gasteiger partial charge < -0.3 is 15.0 Å². The zero-order chi connectivity index (χ0) is 19.0. The summed E-state index contributed by atoms with van der Waals surface area (Å²) in [5.41, 5.74) is 5.29. The highest BCUT2D eigenvalue weighted by atomic mass is 16.3.